The third-order valence-corrected chi connectivity index (χ3v) is 5.95. The minimum atomic E-state index is -1.31. The van der Waals surface area contributed by atoms with Gasteiger partial charge >= 0.3 is 12.0 Å². The third kappa shape index (κ3) is 4.25. The maximum Gasteiger partial charge on any atom is 0.357 e. The summed E-state index contributed by atoms with van der Waals surface area (Å²) in [4.78, 5) is 31.1. The van der Waals surface area contributed by atoms with E-state index in [0.717, 1.165) is 35.9 Å². The van der Waals surface area contributed by atoms with Crippen LogP contribution in [0.2, 0.25) is 0 Å². The number of aromatic carboxylic acids is 1. The first kappa shape index (κ1) is 21.7. The Bertz CT molecular complexity index is 1360. The Morgan fingerprint density at radius 1 is 1.09 bits per heavy atom. The van der Waals surface area contributed by atoms with Crippen LogP contribution in [0.4, 0.5) is 14.9 Å². The number of hydrogen-bond donors (Lipinski definition) is 2. The molecule has 1 saturated heterocycles. The number of aromatic nitrogens is 3. The van der Waals surface area contributed by atoms with Gasteiger partial charge in [0, 0.05) is 47.2 Å². The molecule has 0 atom stereocenters. The van der Waals surface area contributed by atoms with Gasteiger partial charge in [-0.1, -0.05) is 18.2 Å². The maximum absolute atomic E-state index is 14.9. The molecule has 4 aromatic rings. The number of amides is 1. The van der Waals surface area contributed by atoms with Crippen molar-refractivity contribution in [2.24, 2.45) is 0 Å². The molecule has 0 saturated carbocycles. The highest BCUT2D eigenvalue weighted by atomic mass is 19.1. The van der Waals surface area contributed by atoms with Crippen molar-refractivity contribution in [3.63, 3.8) is 0 Å². The zero-order valence-electron chi connectivity index (χ0n) is 18.2. The van der Waals surface area contributed by atoms with Crippen molar-refractivity contribution in [2.45, 2.75) is 19.4 Å². The van der Waals surface area contributed by atoms with Crippen LogP contribution in [0, 0.1) is 5.82 Å². The van der Waals surface area contributed by atoms with Crippen LogP contribution in [0.1, 0.15) is 28.9 Å². The highest BCUT2D eigenvalue weighted by Crippen LogP contribution is 2.29. The summed E-state index contributed by atoms with van der Waals surface area (Å²) in [6.07, 6.45) is 5.47. The molecule has 2 N–H and O–H groups in total. The van der Waals surface area contributed by atoms with Crippen LogP contribution in [0.25, 0.3) is 22.0 Å². The second kappa shape index (κ2) is 9.03. The number of anilines is 1. The van der Waals surface area contributed by atoms with Crippen LogP contribution in [-0.2, 0) is 6.54 Å². The Balaban J connectivity index is 1.44. The summed E-state index contributed by atoms with van der Waals surface area (Å²) in [5.41, 5.74) is 2.06. The summed E-state index contributed by atoms with van der Waals surface area (Å²) < 4.78 is 15.8. The van der Waals surface area contributed by atoms with Gasteiger partial charge in [-0.2, -0.15) is 9.78 Å². The Kier molecular flexibility index (Phi) is 5.77. The monoisotopic (exact) mass is 459 g/mol. The number of carbonyl (C=O) groups is 2. The Hall–Kier alpha value is -4.11. The van der Waals surface area contributed by atoms with E-state index in [2.05, 4.69) is 20.3 Å². The molecule has 5 rings (SSSR count). The van der Waals surface area contributed by atoms with Crippen LogP contribution < -0.4 is 5.32 Å². The number of pyridine rings is 1. The number of nitrogens with zero attached hydrogens (tertiary/aromatic N) is 4. The third-order valence-electron chi connectivity index (χ3n) is 5.95. The molecule has 3 heterocycles. The average Bonchev–Trinajstić information content (AvgIpc) is 3.48. The van der Waals surface area contributed by atoms with Crippen LogP contribution >= 0.6 is 0 Å². The van der Waals surface area contributed by atoms with Gasteiger partial charge in [0.15, 0.2) is 5.69 Å². The van der Waals surface area contributed by atoms with E-state index in [9.17, 15) is 19.1 Å². The topological polar surface area (TPSA) is 100 Å². The molecule has 1 amide bonds. The molecule has 0 aliphatic carbocycles. The van der Waals surface area contributed by atoms with Gasteiger partial charge in [-0.3, -0.25) is 9.88 Å². The van der Waals surface area contributed by atoms with E-state index in [1.807, 2.05) is 12.1 Å². The van der Waals surface area contributed by atoms with Crippen molar-refractivity contribution in [1.82, 2.24) is 19.7 Å². The lowest BCUT2D eigenvalue weighted by atomic mass is 10.0. The molecule has 0 radical (unpaired) electrons. The molecule has 8 nitrogen and oxygen atoms in total. The number of rotatable bonds is 5. The summed E-state index contributed by atoms with van der Waals surface area (Å²) >= 11 is 0. The first-order valence-electron chi connectivity index (χ1n) is 11.0. The van der Waals surface area contributed by atoms with E-state index in [1.165, 1.54) is 25.1 Å². The fraction of sp³-hybridized carbons (Fsp3) is 0.200. The predicted molar refractivity (Wildman–Crippen MR) is 125 cm³/mol. The van der Waals surface area contributed by atoms with Crippen LogP contribution in [0.15, 0.2) is 60.9 Å². The standard InChI is InChI=1S/C25H22FN5O3/c26-21-13-22-20(12-19(21)17-4-3-9-27-14-17)23(24(32)33)29-31(22)25(34)28-18-7-5-16(6-8-18)15-30-10-1-2-11-30/h3-9,12-14H,1-2,10-11,15H2,(H,28,34)(H,32,33). The van der Waals surface area contributed by atoms with Gasteiger partial charge in [0.25, 0.3) is 0 Å². The molecule has 0 bridgehead atoms. The lowest BCUT2D eigenvalue weighted by molar-refractivity contribution is 0.0692. The molecular formula is C25H22FN5O3. The first-order chi connectivity index (χ1) is 16.5. The molecule has 0 unspecified atom stereocenters. The smallest absolute Gasteiger partial charge is 0.357 e. The number of likely N-dealkylation sites (tertiary alicyclic amines) is 1. The predicted octanol–water partition coefficient (Wildman–Crippen LogP) is 4.61. The van der Waals surface area contributed by atoms with Gasteiger partial charge in [0.2, 0.25) is 0 Å². The van der Waals surface area contributed by atoms with E-state index in [0.29, 0.717) is 11.3 Å². The quantitative estimate of drug-likeness (QED) is 0.452. The molecule has 0 spiro atoms. The van der Waals surface area contributed by atoms with Gasteiger partial charge in [0.1, 0.15) is 5.82 Å². The van der Waals surface area contributed by atoms with Crippen molar-refractivity contribution < 1.29 is 19.1 Å². The van der Waals surface area contributed by atoms with Gasteiger partial charge in [-0.05, 0) is 55.8 Å². The molecule has 9 heteroatoms. The molecule has 2 aromatic carbocycles. The molecule has 34 heavy (non-hydrogen) atoms. The van der Waals surface area contributed by atoms with Gasteiger partial charge in [0.05, 0.1) is 5.52 Å². The molecule has 1 aliphatic heterocycles. The highest BCUT2D eigenvalue weighted by molar-refractivity contribution is 6.06. The zero-order valence-corrected chi connectivity index (χ0v) is 18.2. The number of nitrogens with one attached hydrogen (secondary N) is 1. The second-order valence-corrected chi connectivity index (χ2v) is 8.27. The van der Waals surface area contributed by atoms with Crippen molar-refractivity contribution in [3.8, 4) is 11.1 Å². The van der Waals surface area contributed by atoms with Crippen molar-refractivity contribution in [2.75, 3.05) is 18.4 Å². The van der Waals surface area contributed by atoms with Crippen molar-refractivity contribution in [1.29, 1.82) is 0 Å². The SMILES string of the molecule is O=C(O)c1nn(C(=O)Nc2ccc(CN3CCCC3)cc2)c2cc(F)c(-c3cccnc3)cc12. The molecule has 2 aromatic heterocycles. The molecular weight excluding hydrogens is 437 g/mol. The summed E-state index contributed by atoms with van der Waals surface area (Å²) in [5.74, 6) is -1.93. The summed E-state index contributed by atoms with van der Waals surface area (Å²) in [5, 5.41) is 16.5. The normalized spacial score (nSPS) is 13.9. The summed E-state index contributed by atoms with van der Waals surface area (Å²) in [6, 6.07) is 12.6. The number of hydrogen-bond acceptors (Lipinski definition) is 5. The van der Waals surface area contributed by atoms with E-state index < -0.39 is 17.8 Å². The largest absolute Gasteiger partial charge is 0.476 e. The molecule has 1 fully saturated rings. The number of fused-ring (bicyclic) bond motifs is 1. The lowest BCUT2D eigenvalue weighted by Gasteiger charge is -2.14. The van der Waals surface area contributed by atoms with Gasteiger partial charge < -0.3 is 10.4 Å². The van der Waals surface area contributed by atoms with Gasteiger partial charge in [-0.25, -0.2) is 14.0 Å². The van der Waals surface area contributed by atoms with E-state index in [-0.39, 0.29) is 22.2 Å². The maximum atomic E-state index is 14.9. The zero-order chi connectivity index (χ0) is 23.7. The number of benzene rings is 2. The number of carboxylic acids is 1. The minimum absolute atomic E-state index is 0.0608. The Labute approximate surface area is 194 Å². The number of carboxylic acid groups (broad SMARTS) is 1. The van der Waals surface area contributed by atoms with Crippen molar-refractivity contribution in [3.05, 3.63) is 78.0 Å². The van der Waals surface area contributed by atoms with Crippen LogP contribution in [-0.4, -0.2) is 49.9 Å². The first-order valence-corrected chi connectivity index (χ1v) is 11.0. The lowest BCUT2D eigenvalue weighted by Crippen LogP contribution is -2.21. The summed E-state index contributed by atoms with van der Waals surface area (Å²) in [7, 11) is 0. The fourth-order valence-electron chi connectivity index (χ4n) is 4.26. The summed E-state index contributed by atoms with van der Waals surface area (Å²) in [6.45, 7) is 3.05. The van der Waals surface area contributed by atoms with Crippen LogP contribution in [0.5, 0.6) is 0 Å². The number of halogens is 1. The fourth-order valence-corrected chi connectivity index (χ4v) is 4.26. The Morgan fingerprint density at radius 2 is 1.85 bits per heavy atom. The van der Waals surface area contributed by atoms with E-state index >= 15 is 0 Å². The minimum Gasteiger partial charge on any atom is -0.476 e. The highest BCUT2D eigenvalue weighted by Gasteiger charge is 2.23. The number of carbonyl (C=O) groups excluding carboxylic acids is 1. The van der Waals surface area contributed by atoms with Crippen LogP contribution in [0.3, 0.4) is 0 Å². The van der Waals surface area contributed by atoms with Crippen molar-refractivity contribution >= 4 is 28.6 Å². The van der Waals surface area contributed by atoms with E-state index in [1.54, 1.807) is 30.5 Å². The molecule has 1 aliphatic rings. The van der Waals surface area contributed by atoms with E-state index in [4.69, 9.17) is 0 Å². The second-order valence-electron chi connectivity index (χ2n) is 8.27. The molecule has 172 valence electrons. The Morgan fingerprint density at radius 3 is 2.53 bits per heavy atom. The van der Waals surface area contributed by atoms with Gasteiger partial charge in [-0.15, -0.1) is 0 Å². The average molecular weight is 459 g/mol.